The van der Waals surface area contributed by atoms with Crippen molar-refractivity contribution < 1.29 is 4.74 Å². The number of fused-ring (bicyclic) bond motifs is 2. The van der Waals surface area contributed by atoms with Crippen molar-refractivity contribution in [2.24, 2.45) is 7.05 Å². The van der Waals surface area contributed by atoms with Crippen molar-refractivity contribution in [3.63, 3.8) is 0 Å². The van der Waals surface area contributed by atoms with Crippen molar-refractivity contribution >= 4 is 5.82 Å². The number of para-hydroxylation sites is 1. The second-order valence-corrected chi connectivity index (χ2v) is 5.99. The normalized spacial score (nSPS) is 12.8. The fourth-order valence-corrected chi connectivity index (χ4v) is 2.98. The van der Waals surface area contributed by atoms with Gasteiger partial charge in [0.05, 0.1) is 11.9 Å². The molecule has 0 amide bonds. The topological polar surface area (TPSA) is 64.9 Å². The average molecular weight is 321 g/mol. The van der Waals surface area contributed by atoms with Gasteiger partial charge in [0.25, 0.3) is 0 Å². The zero-order valence-corrected chi connectivity index (χ0v) is 13.8. The maximum atomic E-state index is 5.92. The van der Waals surface area contributed by atoms with Gasteiger partial charge in [-0.3, -0.25) is 4.68 Å². The first-order chi connectivity index (χ1) is 11.7. The van der Waals surface area contributed by atoms with Crippen LogP contribution in [0.15, 0.2) is 36.7 Å². The highest BCUT2D eigenvalue weighted by Gasteiger charge is 2.19. The fraction of sp³-hybridized carbons (Fsp3) is 0.278. The quantitative estimate of drug-likeness (QED) is 0.803. The predicted octanol–water partition coefficient (Wildman–Crippen LogP) is 2.61. The van der Waals surface area contributed by atoms with Crippen LogP contribution >= 0.6 is 0 Å². The lowest BCUT2D eigenvalue weighted by atomic mass is 10.0. The lowest BCUT2D eigenvalue weighted by molar-refractivity contribution is 0.302. The summed E-state index contributed by atoms with van der Waals surface area (Å²) in [5, 5.41) is 7.64. The molecule has 0 saturated carbocycles. The smallest absolute Gasteiger partial charge is 0.133 e. The van der Waals surface area contributed by atoms with Crippen molar-refractivity contribution in [2.45, 2.75) is 26.5 Å². The highest BCUT2D eigenvalue weighted by Crippen LogP contribution is 2.30. The first-order valence-electron chi connectivity index (χ1n) is 7.97. The Balaban J connectivity index is 1.67. The lowest BCUT2D eigenvalue weighted by Gasteiger charge is -2.13. The van der Waals surface area contributed by atoms with Gasteiger partial charge in [0, 0.05) is 37.3 Å². The summed E-state index contributed by atoms with van der Waals surface area (Å²) in [6, 6.07) is 8.12. The van der Waals surface area contributed by atoms with Gasteiger partial charge in [-0.2, -0.15) is 5.10 Å². The van der Waals surface area contributed by atoms with Gasteiger partial charge in [-0.1, -0.05) is 18.2 Å². The Morgan fingerprint density at radius 2 is 2.12 bits per heavy atom. The zero-order valence-electron chi connectivity index (χ0n) is 13.8. The molecular formula is C18H19N5O. The highest BCUT2D eigenvalue weighted by atomic mass is 16.5. The van der Waals surface area contributed by atoms with Crippen LogP contribution in [0.2, 0.25) is 0 Å². The molecule has 0 atom stereocenters. The third-order valence-electron chi connectivity index (χ3n) is 4.13. The Morgan fingerprint density at radius 3 is 2.96 bits per heavy atom. The Morgan fingerprint density at radius 1 is 1.25 bits per heavy atom. The van der Waals surface area contributed by atoms with E-state index in [1.165, 1.54) is 0 Å². The van der Waals surface area contributed by atoms with Crippen LogP contribution in [0.4, 0.5) is 5.82 Å². The van der Waals surface area contributed by atoms with Gasteiger partial charge in [-0.15, -0.1) is 0 Å². The number of aryl methyl sites for hydroxylation is 2. The molecule has 0 bridgehead atoms. The van der Waals surface area contributed by atoms with Crippen LogP contribution in [0, 0.1) is 6.92 Å². The maximum absolute atomic E-state index is 5.92. The van der Waals surface area contributed by atoms with Crippen molar-refractivity contribution in [3.8, 4) is 5.75 Å². The molecule has 2 aromatic heterocycles. The lowest BCUT2D eigenvalue weighted by Crippen LogP contribution is -2.10. The van der Waals surface area contributed by atoms with Crippen LogP contribution in [0.1, 0.15) is 28.2 Å². The van der Waals surface area contributed by atoms with Crippen LogP contribution in [0.5, 0.6) is 5.75 Å². The molecule has 0 aliphatic carbocycles. The summed E-state index contributed by atoms with van der Waals surface area (Å²) in [5.74, 6) is 2.55. The van der Waals surface area contributed by atoms with E-state index in [1.54, 1.807) is 4.68 Å². The van der Waals surface area contributed by atoms with Crippen molar-refractivity contribution in [1.29, 1.82) is 0 Å². The van der Waals surface area contributed by atoms with Crippen LogP contribution in [0.25, 0.3) is 0 Å². The second-order valence-electron chi connectivity index (χ2n) is 5.99. The SMILES string of the molecule is Cc1nc2c(c(NCc3cnn(C)c3)n1)Cc1ccccc1OC2. The number of ether oxygens (including phenoxy) is 1. The molecule has 6 heteroatoms. The van der Waals surface area contributed by atoms with E-state index in [9.17, 15) is 0 Å². The number of nitrogens with zero attached hydrogens (tertiary/aromatic N) is 4. The van der Waals surface area contributed by atoms with Crippen molar-refractivity contribution in [3.05, 3.63) is 64.9 Å². The molecule has 3 heterocycles. The van der Waals surface area contributed by atoms with Gasteiger partial charge in [0.2, 0.25) is 0 Å². The van der Waals surface area contributed by atoms with Gasteiger partial charge >= 0.3 is 0 Å². The summed E-state index contributed by atoms with van der Waals surface area (Å²) in [6.07, 6.45) is 4.62. The third kappa shape index (κ3) is 2.82. The van der Waals surface area contributed by atoms with Gasteiger partial charge in [-0.05, 0) is 18.6 Å². The van der Waals surface area contributed by atoms with Crippen molar-refractivity contribution in [1.82, 2.24) is 19.7 Å². The highest BCUT2D eigenvalue weighted by molar-refractivity contribution is 5.52. The number of aromatic nitrogens is 4. The average Bonchev–Trinajstić information content (AvgIpc) is 2.89. The van der Waals surface area contributed by atoms with E-state index in [4.69, 9.17) is 4.74 Å². The van der Waals surface area contributed by atoms with E-state index in [1.807, 2.05) is 44.6 Å². The minimum Gasteiger partial charge on any atom is -0.487 e. The molecule has 1 N–H and O–H groups in total. The van der Waals surface area contributed by atoms with Gasteiger partial charge in [0.1, 0.15) is 24.0 Å². The molecule has 1 aliphatic rings. The molecule has 0 unspecified atom stereocenters. The van der Waals surface area contributed by atoms with E-state index in [0.29, 0.717) is 13.2 Å². The molecule has 122 valence electrons. The summed E-state index contributed by atoms with van der Waals surface area (Å²) >= 11 is 0. The minimum absolute atomic E-state index is 0.470. The Kier molecular flexibility index (Phi) is 3.65. The van der Waals surface area contributed by atoms with Crippen molar-refractivity contribution in [2.75, 3.05) is 5.32 Å². The van der Waals surface area contributed by atoms with E-state index in [2.05, 4.69) is 26.4 Å². The Bertz CT molecular complexity index is 887. The van der Waals surface area contributed by atoms with E-state index < -0.39 is 0 Å². The number of benzene rings is 1. The number of rotatable bonds is 3. The van der Waals surface area contributed by atoms with Crippen LogP contribution < -0.4 is 10.1 Å². The first kappa shape index (κ1) is 14.7. The summed E-state index contributed by atoms with van der Waals surface area (Å²) in [4.78, 5) is 9.20. The number of hydrogen-bond acceptors (Lipinski definition) is 5. The molecule has 24 heavy (non-hydrogen) atoms. The van der Waals surface area contributed by atoms with Gasteiger partial charge < -0.3 is 10.1 Å². The summed E-state index contributed by atoms with van der Waals surface area (Å²) in [6.45, 7) is 3.06. The number of anilines is 1. The van der Waals surface area contributed by atoms with Gasteiger partial charge in [-0.25, -0.2) is 9.97 Å². The largest absolute Gasteiger partial charge is 0.487 e. The first-order valence-corrected chi connectivity index (χ1v) is 7.97. The Labute approximate surface area is 140 Å². The minimum atomic E-state index is 0.470. The molecule has 1 aliphatic heterocycles. The molecule has 1 aromatic carbocycles. The van der Waals surface area contributed by atoms with Crippen LogP contribution in [-0.4, -0.2) is 19.7 Å². The van der Waals surface area contributed by atoms with Crippen LogP contribution in [0.3, 0.4) is 0 Å². The third-order valence-corrected chi connectivity index (χ3v) is 4.13. The maximum Gasteiger partial charge on any atom is 0.133 e. The summed E-state index contributed by atoms with van der Waals surface area (Å²) in [5.41, 5.74) is 4.34. The second kappa shape index (κ2) is 5.96. The standard InChI is InChI=1S/C18H19N5O/c1-12-21-16-11-24-17-6-4-3-5-14(17)7-15(16)18(22-12)19-8-13-9-20-23(2)10-13/h3-6,9-10H,7-8,11H2,1-2H3,(H,19,21,22). The monoisotopic (exact) mass is 321 g/mol. The molecule has 4 rings (SSSR count). The predicted molar refractivity (Wildman–Crippen MR) is 90.9 cm³/mol. The van der Waals surface area contributed by atoms with Crippen LogP contribution in [-0.2, 0) is 26.6 Å². The molecule has 0 saturated heterocycles. The molecule has 3 aromatic rings. The van der Waals surface area contributed by atoms with Gasteiger partial charge in [0.15, 0.2) is 0 Å². The molecule has 0 radical (unpaired) electrons. The van der Waals surface area contributed by atoms with E-state index in [-0.39, 0.29) is 0 Å². The molecular weight excluding hydrogens is 302 g/mol. The zero-order chi connectivity index (χ0) is 16.5. The number of nitrogens with one attached hydrogen (secondary N) is 1. The molecule has 6 nitrogen and oxygen atoms in total. The molecule has 0 spiro atoms. The van der Waals surface area contributed by atoms with E-state index in [0.717, 1.165) is 46.2 Å². The number of hydrogen-bond donors (Lipinski definition) is 1. The fourth-order valence-electron chi connectivity index (χ4n) is 2.98. The van der Waals surface area contributed by atoms with E-state index >= 15 is 0 Å². The summed E-state index contributed by atoms with van der Waals surface area (Å²) in [7, 11) is 1.92. The molecule has 0 fully saturated rings. The summed E-state index contributed by atoms with van der Waals surface area (Å²) < 4.78 is 7.72. The Hall–Kier alpha value is -2.89.